The Morgan fingerprint density at radius 3 is 2.71 bits per heavy atom. The number of carbonyl (C=O) groups excluding carboxylic acids is 2. The zero-order chi connectivity index (χ0) is 19.7. The highest BCUT2D eigenvalue weighted by Crippen LogP contribution is 2.27. The van der Waals surface area contributed by atoms with Gasteiger partial charge in [0.25, 0.3) is 0 Å². The van der Waals surface area contributed by atoms with Crippen LogP contribution >= 0.6 is 0 Å². The minimum Gasteiger partial charge on any atom is -0.342 e. The smallest absolute Gasteiger partial charge is 0.227 e. The van der Waals surface area contributed by atoms with Gasteiger partial charge in [-0.05, 0) is 24.1 Å². The molecule has 1 atom stereocenters. The van der Waals surface area contributed by atoms with Gasteiger partial charge in [0.05, 0.1) is 12.1 Å². The number of fused-ring (bicyclic) bond motifs is 1. The quantitative estimate of drug-likeness (QED) is 0.815. The maximum atomic E-state index is 13.0. The summed E-state index contributed by atoms with van der Waals surface area (Å²) in [6.45, 7) is 4.13. The van der Waals surface area contributed by atoms with E-state index in [1.807, 2.05) is 11.1 Å². The molecule has 0 unspecified atom stereocenters. The topological polar surface area (TPSA) is 66.4 Å². The van der Waals surface area contributed by atoms with E-state index in [-0.39, 0.29) is 30.0 Å². The normalized spacial score (nSPS) is 18.9. The third-order valence-electron chi connectivity index (χ3n) is 5.57. The SMILES string of the molecule is CC(=O)N1CCc2nc([C@H]3CCN(C(=O)Cc4ccc(F)cc4)C3)ncc2C1. The second kappa shape index (κ2) is 7.66. The Hall–Kier alpha value is -2.83. The first-order valence-electron chi connectivity index (χ1n) is 9.62. The molecule has 2 aromatic rings. The zero-order valence-electron chi connectivity index (χ0n) is 15.9. The van der Waals surface area contributed by atoms with Crippen molar-refractivity contribution >= 4 is 11.8 Å². The van der Waals surface area contributed by atoms with Crippen LogP contribution < -0.4 is 0 Å². The van der Waals surface area contributed by atoms with Gasteiger partial charge < -0.3 is 9.80 Å². The van der Waals surface area contributed by atoms with Crippen LogP contribution in [0.2, 0.25) is 0 Å². The van der Waals surface area contributed by atoms with Crippen LogP contribution in [0.3, 0.4) is 0 Å². The Balaban J connectivity index is 1.39. The van der Waals surface area contributed by atoms with Gasteiger partial charge in [0.2, 0.25) is 11.8 Å². The van der Waals surface area contributed by atoms with Gasteiger partial charge in [-0.15, -0.1) is 0 Å². The standard InChI is InChI=1S/C21H23FN4O2/c1-14(27)25-9-7-19-17(13-25)11-23-21(24-19)16-6-8-26(12-16)20(28)10-15-2-4-18(22)5-3-15/h2-5,11,16H,6-10,12-13H2,1H3/t16-/m0/s1. The number of likely N-dealkylation sites (tertiary alicyclic amines) is 1. The van der Waals surface area contributed by atoms with Crippen molar-refractivity contribution in [1.29, 1.82) is 0 Å². The maximum Gasteiger partial charge on any atom is 0.227 e. The van der Waals surface area contributed by atoms with Crippen LogP contribution in [-0.4, -0.2) is 51.2 Å². The molecule has 1 aromatic heterocycles. The number of hydrogen-bond acceptors (Lipinski definition) is 4. The van der Waals surface area contributed by atoms with E-state index in [9.17, 15) is 14.0 Å². The van der Waals surface area contributed by atoms with Crippen molar-refractivity contribution in [1.82, 2.24) is 19.8 Å². The summed E-state index contributed by atoms with van der Waals surface area (Å²) < 4.78 is 13.0. The Labute approximate surface area is 163 Å². The number of benzene rings is 1. The molecule has 2 amide bonds. The number of aromatic nitrogens is 2. The highest BCUT2D eigenvalue weighted by Gasteiger charge is 2.30. The highest BCUT2D eigenvalue weighted by atomic mass is 19.1. The second-order valence-corrected chi connectivity index (χ2v) is 7.52. The van der Waals surface area contributed by atoms with Crippen molar-refractivity contribution in [2.24, 2.45) is 0 Å². The van der Waals surface area contributed by atoms with E-state index in [2.05, 4.69) is 4.98 Å². The van der Waals surface area contributed by atoms with E-state index >= 15 is 0 Å². The second-order valence-electron chi connectivity index (χ2n) is 7.52. The van der Waals surface area contributed by atoms with E-state index in [1.54, 1.807) is 24.0 Å². The molecule has 1 fully saturated rings. The summed E-state index contributed by atoms with van der Waals surface area (Å²) in [4.78, 5) is 37.0. The van der Waals surface area contributed by atoms with E-state index < -0.39 is 0 Å². The summed E-state index contributed by atoms with van der Waals surface area (Å²) in [5.41, 5.74) is 2.83. The lowest BCUT2D eigenvalue weighted by molar-refractivity contribution is -0.130. The Bertz CT molecular complexity index is 900. The van der Waals surface area contributed by atoms with Crippen molar-refractivity contribution in [3.63, 3.8) is 0 Å². The van der Waals surface area contributed by atoms with Crippen LogP contribution in [0.5, 0.6) is 0 Å². The van der Waals surface area contributed by atoms with Gasteiger partial charge in [-0.25, -0.2) is 14.4 Å². The maximum absolute atomic E-state index is 13.0. The number of carbonyl (C=O) groups is 2. The predicted molar refractivity (Wildman–Crippen MR) is 101 cm³/mol. The predicted octanol–water partition coefficient (Wildman–Crippen LogP) is 2.08. The molecule has 0 saturated carbocycles. The molecule has 2 aliphatic heterocycles. The lowest BCUT2D eigenvalue weighted by Gasteiger charge is -2.27. The molecular formula is C21H23FN4O2. The number of rotatable bonds is 3. The first kappa shape index (κ1) is 18.5. The van der Waals surface area contributed by atoms with Gasteiger partial charge in [-0.3, -0.25) is 9.59 Å². The van der Waals surface area contributed by atoms with Crippen molar-refractivity contribution < 1.29 is 14.0 Å². The summed E-state index contributed by atoms with van der Waals surface area (Å²) in [5.74, 6) is 0.735. The fraction of sp³-hybridized carbons (Fsp3) is 0.429. The van der Waals surface area contributed by atoms with Gasteiger partial charge in [-0.1, -0.05) is 12.1 Å². The molecule has 0 spiro atoms. The molecule has 146 valence electrons. The van der Waals surface area contributed by atoms with Crippen LogP contribution in [0.4, 0.5) is 4.39 Å². The molecule has 4 rings (SSSR count). The van der Waals surface area contributed by atoms with Crippen LogP contribution in [0.15, 0.2) is 30.5 Å². The van der Waals surface area contributed by atoms with Crippen LogP contribution in [-0.2, 0) is 29.0 Å². The summed E-state index contributed by atoms with van der Waals surface area (Å²) in [7, 11) is 0. The first-order chi connectivity index (χ1) is 13.5. The monoisotopic (exact) mass is 382 g/mol. The van der Waals surface area contributed by atoms with Crippen LogP contribution in [0, 0.1) is 5.82 Å². The van der Waals surface area contributed by atoms with Gasteiger partial charge in [-0.2, -0.15) is 0 Å². The van der Waals surface area contributed by atoms with Crippen LogP contribution in [0.25, 0.3) is 0 Å². The Kier molecular flexibility index (Phi) is 5.07. The van der Waals surface area contributed by atoms with Crippen molar-refractivity contribution in [3.05, 3.63) is 58.9 Å². The minimum absolute atomic E-state index is 0.0455. The molecule has 6 nitrogen and oxygen atoms in total. The molecule has 0 N–H and O–H groups in total. The van der Waals surface area contributed by atoms with Gasteiger partial charge >= 0.3 is 0 Å². The van der Waals surface area contributed by atoms with Gasteiger partial charge in [0.1, 0.15) is 11.6 Å². The first-order valence-corrected chi connectivity index (χ1v) is 9.62. The molecule has 3 heterocycles. The zero-order valence-corrected chi connectivity index (χ0v) is 15.9. The largest absolute Gasteiger partial charge is 0.342 e. The summed E-state index contributed by atoms with van der Waals surface area (Å²) in [6.07, 6.45) is 3.69. The molecule has 7 heteroatoms. The van der Waals surface area contributed by atoms with E-state index in [0.29, 0.717) is 26.2 Å². The van der Waals surface area contributed by atoms with E-state index in [0.717, 1.165) is 35.5 Å². The lowest BCUT2D eigenvalue weighted by atomic mass is 10.0. The number of hydrogen-bond donors (Lipinski definition) is 0. The molecule has 0 bridgehead atoms. The molecule has 28 heavy (non-hydrogen) atoms. The van der Waals surface area contributed by atoms with Crippen molar-refractivity contribution in [2.45, 2.75) is 38.6 Å². The Morgan fingerprint density at radius 2 is 1.96 bits per heavy atom. The van der Waals surface area contributed by atoms with E-state index in [1.165, 1.54) is 12.1 Å². The van der Waals surface area contributed by atoms with Gasteiger partial charge in [0, 0.05) is 57.2 Å². The van der Waals surface area contributed by atoms with Crippen LogP contribution in [0.1, 0.15) is 41.9 Å². The average Bonchev–Trinajstić information content (AvgIpc) is 3.19. The Morgan fingerprint density at radius 1 is 1.18 bits per heavy atom. The van der Waals surface area contributed by atoms with Crippen molar-refractivity contribution in [3.8, 4) is 0 Å². The lowest BCUT2D eigenvalue weighted by Crippen LogP contribution is -2.35. The summed E-state index contributed by atoms with van der Waals surface area (Å²) >= 11 is 0. The van der Waals surface area contributed by atoms with E-state index in [4.69, 9.17) is 4.98 Å². The number of nitrogens with zero attached hydrogens (tertiary/aromatic N) is 4. The molecule has 1 aromatic carbocycles. The molecule has 0 radical (unpaired) electrons. The van der Waals surface area contributed by atoms with Gasteiger partial charge in [0.15, 0.2) is 0 Å². The fourth-order valence-corrected chi connectivity index (χ4v) is 3.88. The highest BCUT2D eigenvalue weighted by molar-refractivity contribution is 5.79. The van der Waals surface area contributed by atoms with Crippen molar-refractivity contribution in [2.75, 3.05) is 19.6 Å². The third-order valence-corrected chi connectivity index (χ3v) is 5.57. The fourth-order valence-electron chi connectivity index (χ4n) is 3.88. The summed E-state index contributed by atoms with van der Waals surface area (Å²) in [5, 5.41) is 0. The molecule has 2 aliphatic rings. The third kappa shape index (κ3) is 3.88. The number of halogens is 1. The molecule has 1 saturated heterocycles. The average molecular weight is 382 g/mol. The molecule has 0 aliphatic carbocycles. The number of amides is 2. The molecular weight excluding hydrogens is 359 g/mol. The summed E-state index contributed by atoms with van der Waals surface area (Å²) in [6, 6.07) is 6.06. The minimum atomic E-state index is -0.298.